The van der Waals surface area contributed by atoms with Gasteiger partial charge in [0.2, 0.25) is 10.0 Å². The van der Waals surface area contributed by atoms with Crippen molar-refractivity contribution < 1.29 is 18.0 Å². The first kappa shape index (κ1) is 21.4. The zero-order valence-corrected chi connectivity index (χ0v) is 17.3. The highest BCUT2D eigenvalue weighted by Crippen LogP contribution is 2.31. The SMILES string of the molecule is CNC(=O)C(=O)NCC[C@H]1CCCCN1S(=O)(=O)c1c(C)cc(C)cc1C. The van der Waals surface area contributed by atoms with Gasteiger partial charge in [-0.25, -0.2) is 8.42 Å². The number of rotatable bonds is 5. The topological polar surface area (TPSA) is 95.6 Å². The molecule has 150 valence electrons. The van der Waals surface area contributed by atoms with Crippen molar-refractivity contribution in [1.82, 2.24) is 14.9 Å². The third kappa shape index (κ3) is 4.87. The molecular weight excluding hydrogens is 366 g/mol. The summed E-state index contributed by atoms with van der Waals surface area (Å²) in [5, 5.41) is 4.82. The fraction of sp³-hybridized carbons (Fsp3) is 0.579. The Kier molecular flexibility index (Phi) is 7.00. The maximum absolute atomic E-state index is 13.4. The molecule has 2 amide bonds. The van der Waals surface area contributed by atoms with Gasteiger partial charge in [0.05, 0.1) is 4.90 Å². The highest BCUT2D eigenvalue weighted by molar-refractivity contribution is 7.89. The Morgan fingerprint density at radius 3 is 2.33 bits per heavy atom. The van der Waals surface area contributed by atoms with Crippen molar-refractivity contribution in [2.24, 2.45) is 0 Å². The van der Waals surface area contributed by atoms with E-state index in [1.54, 1.807) is 4.31 Å². The Morgan fingerprint density at radius 1 is 1.11 bits per heavy atom. The Hall–Kier alpha value is -1.93. The van der Waals surface area contributed by atoms with E-state index in [0.29, 0.717) is 17.9 Å². The van der Waals surface area contributed by atoms with E-state index >= 15 is 0 Å². The smallest absolute Gasteiger partial charge is 0.309 e. The summed E-state index contributed by atoms with van der Waals surface area (Å²) < 4.78 is 28.3. The van der Waals surface area contributed by atoms with Gasteiger partial charge >= 0.3 is 11.8 Å². The predicted molar refractivity (Wildman–Crippen MR) is 104 cm³/mol. The molecule has 1 saturated heterocycles. The van der Waals surface area contributed by atoms with Gasteiger partial charge in [0.25, 0.3) is 0 Å². The van der Waals surface area contributed by atoms with E-state index in [-0.39, 0.29) is 12.6 Å². The molecule has 1 aliphatic rings. The van der Waals surface area contributed by atoms with Crippen LogP contribution in [0.5, 0.6) is 0 Å². The van der Waals surface area contributed by atoms with Crippen LogP contribution in [-0.4, -0.2) is 50.7 Å². The van der Waals surface area contributed by atoms with Crippen molar-refractivity contribution in [2.75, 3.05) is 20.1 Å². The fourth-order valence-corrected chi connectivity index (χ4v) is 5.95. The van der Waals surface area contributed by atoms with Crippen molar-refractivity contribution >= 4 is 21.8 Å². The van der Waals surface area contributed by atoms with Gasteiger partial charge < -0.3 is 10.6 Å². The number of piperidine rings is 1. The number of nitrogens with zero attached hydrogens (tertiary/aromatic N) is 1. The fourth-order valence-electron chi connectivity index (χ4n) is 3.82. The number of amides is 2. The number of nitrogens with one attached hydrogen (secondary N) is 2. The number of hydrogen-bond acceptors (Lipinski definition) is 4. The third-order valence-electron chi connectivity index (χ3n) is 4.94. The molecule has 1 aliphatic heterocycles. The summed E-state index contributed by atoms with van der Waals surface area (Å²) >= 11 is 0. The monoisotopic (exact) mass is 395 g/mol. The van der Waals surface area contributed by atoms with E-state index in [0.717, 1.165) is 36.0 Å². The molecular formula is C19H29N3O4S. The molecule has 0 unspecified atom stereocenters. The summed E-state index contributed by atoms with van der Waals surface area (Å²) in [6.07, 6.45) is 3.00. The molecule has 1 fully saturated rings. The molecule has 0 radical (unpaired) electrons. The number of hydrogen-bond donors (Lipinski definition) is 2. The third-order valence-corrected chi connectivity index (χ3v) is 7.20. The maximum Gasteiger partial charge on any atom is 0.309 e. The standard InChI is InChI=1S/C19H29N3O4S/c1-13-11-14(2)17(15(3)12-13)27(25,26)22-10-6-5-7-16(22)8-9-21-19(24)18(23)20-4/h11-12,16H,5-10H2,1-4H3,(H,20,23)(H,21,24)/t16-/m1/s1. The molecule has 1 heterocycles. The second-order valence-electron chi connectivity index (χ2n) is 7.12. The molecule has 0 saturated carbocycles. The number of aryl methyl sites for hydroxylation is 3. The Morgan fingerprint density at radius 2 is 1.74 bits per heavy atom. The van der Waals surface area contributed by atoms with Gasteiger partial charge in [-0.2, -0.15) is 4.31 Å². The van der Waals surface area contributed by atoms with Gasteiger partial charge in [0, 0.05) is 26.2 Å². The lowest BCUT2D eigenvalue weighted by atomic mass is 10.0. The minimum Gasteiger partial charge on any atom is -0.351 e. The number of carbonyl (C=O) groups is 2. The number of benzene rings is 1. The molecule has 2 N–H and O–H groups in total. The van der Waals surface area contributed by atoms with Crippen LogP contribution < -0.4 is 10.6 Å². The molecule has 2 rings (SSSR count). The van der Waals surface area contributed by atoms with E-state index in [1.165, 1.54) is 7.05 Å². The van der Waals surface area contributed by atoms with Gasteiger partial charge in [-0.15, -0.1) is 0 Å². The Bertz CT molecular complexity index is 797. The first-order valence-corrected chi connectivity index (χ1v) is 10.7. The van der Waals surface area contributed by atoms with Gasteiger partial charge in [-0.3, -0.25) is 9.59 Å². The molecule has 1 aromatic rings. The zero-order valence-electron chi connectivity index (χ0n) is 16.5. The molecule has 7 nitrogen and oxygen atoms in total. The van der Waals surface area contributed by atoms with E-state index in [4.69, 9.17) is 0 Å². The summed E-state index contributed by atoms with van der Waals surface area (Å²) in [4.78, 5) is 23.2. The average Bonchev–Trinajstić information content (AvgIpc) is 2.60. The van der Waals surface area contributed by atoms with Crippen LogP contribution in [0, 0.1) is 20.8 Å². The maximum atomic E-state index is 13.4. The summed E-state index contributed by atoms with van der Waals surface area (Å²) in [5.41, 5.74) is 2.55. The normalized spacial score (nSPS) is 18.1. The number of likely N-dealkylation sites (N-methyl/N-ethyl adjacent to an activating group) is 1. The Labute approximate surface area is 161 Å². The summed E-state index contributed by atoms with van der Waals surface area (Å²) in [6, 6.07) is 3.60. The van der Waals surface area contributed by atoms with E-state index < -0.39 is 21.8 Å². The lowest BCUT2D eigenvalue weighted by Crippen LogP contribution is -2.46. The molecule has 0 bridgehead atoms. The number of carbonyl (C=O) groups excluding carboxylic acids is 2. The van der Waals surface area contributed by atoms with Gasteiger partial charge in [0.1, 0.15) is 0 Å². The van der Waals surface area contributed by atoms with Crippen molar-refractivity contribution in [1.29, 1.82) is 0 Å². The van der Waals surface area contributed by atoms with E-state index in [1.807, 2.05) is 32.9 Å². The molecule has 1 aromatic carbocycles. The number of sulfonamides is 1. The van der Waals surface area contributed by atoms with Crippen molar-refractivity contribution in [2.45, 2.75) is 57.4 Å². The van der Waals surface area contributed by atoms with Gasteiger partial charge in [0.15, 0.2) is 0 Å². The van der Waals surface area contributed by atoms with Crippen LogP contribution in [0.15, 0.2) is 17.0 Å². The van der Waals surface area contributed by atoms with Gasteiger partial charge in [-0.05, 0) is 51.2 Å². The van der Waals surface area contributed by atoms with Crippen molar-refractivity contribution in [3.05, 3.63) is 28.8 Å². The highest BCUT2D eigenvalue weighted by Gasteiger charge is 2.35. The molecule has 0 spiro atoms. The van der Waals surface area contributed by atoms with Crippen LogP contribution in [-0.2, 0) is 19.6 Å². The van der Waals surface area contributed by atoms with E-state index in [9.17, 15) is 18.0 Å². The highest BCUT2D eigenvalue weighted by atomic mass is 32.2. The van der Waals surface area contributed by atoms with Crippen LogP contribution in [0.2, 0.25) is 0 Å². The summed E-state index contributed by atoms with van der Waals surface area (Å²) in [6.45, 7) is 6.35. The van der Waals surface area contributed by atoms with Crippen molar-refractivity contribution in [3.8, 4) is 0 Å². The molecule has 0 aromatic heterocycles. The first-order chi connectivity index (χ1) is 12.7. The Balaban J connectivity index is 2.19. The summed E-state index contributed by atoms with van der Waals surface area (Å²) in [7, 11) is -2.23. The van der Waals surface area contributed by atoms with Gasteiger partial charge in [-0.1, -0.05) is 24.1 Å². The molecule has 0 aliphatic carbocycles. The van der Waals surface area contributed by atoms with E-state index in [2.05, 4.69) is 10.6 Å². The lowest BCUT2D eigenvalue weighted by Gasteiger charge is -2.35. The van der Waals surface area contributed by atoms with Crippen LogP contribution in [0.1, 0.15) is 42.4 Å². The van der Waals surface area contributed by atoms with Crippen LogP contribution in [0.25, 0.3) is 0 Å². The zero-order chi connectivity index (χ0) is 20.2. The average molecular weight is 396 g/mol. The minimum absolute atomic E-state index is 0.186. The van der Waals surface area contributed by atoms with Crippen LogP contribution in [0.3, 0.4) is 0 Å². The quantitative estimate of drug-likeness (QED) is 0.737. The largest absolute Gasteiger partial charge is 0.351 e. The first-order valence-electron chi connectivity index (χ1n) is 9.28. The molecule has 8 heteroatoms. The van der Waals surface area contributed by atoms with Crippen molar-refractivity contribution in [3.63, 3.8) is 0 Å². The van der Waals surface area contributed by atoms with Crippen LogP contribution >= 0.6 is 0 Å². The molecule has 27 heavy (non-hydrogen) atoms. The lowest BCUT2D eigenvalue weighted by molar-refractivity contribution is -0.138. The second-order valence-corrected chi connectivity index (χ2v) is 8.94. The molecule has 1 atom stereocenters. The predicted octanol–water partition coefficient (Wildman–Crippen LogP) is 1.41. The van der Waals surface area contributed by atoms with Crippen LogP contribution in [0.4, 0.5) is 0 Å². The summed E-state index contributed by atoms with van der Waals surface area (Å²) in [5.74, 6) is -1.40. The second kappa shape index (κ2) is 8.84. The minimum atomic E-state index is -3.62.